The molecule has 1 aromatic carbocycles. The number of hydrogen-bond donors (Lipinski definition) is 1. The Kier molecular flexibility index (Phi) is 6.39. The van der Waals surface area contributed by atoms with Gasteiger partial charge in [0, 0.05) is 41.8 Å². The summed E-state index contributed by atoms with van der Waals surface area (Å²) < 4.78 is 5.39. The van der Waals surface area contributed by atoms with Crippen molar-refractivity contribution >= 4 is 34.5 Å². The average molecular weight is 428 g/mol. The maximum absolute atomic E-state index is 12.9. The number of ether oxygens (including phenoxy) is 1. The molecule has 0 saturated carbocycles. The van der Waals surface area contributed by atoms with Gasteiger partial charge in [-0.2, -0.15) is 0 Å². The molecule has 1 saturated heterocycles. The molecule has 6 nitrogen and oxygen atoms in total. The van der Waals surface area contributed by atoms with Crippen LogP contribution in [0.15, 0.2) is 29.6 Å². The number of likely N-dealkylation sites (N-methyl/N-ethyl adjacent to an activating group) is 1. The molecule has 0 radical (unpaired) electrons. The minimum atomic E-state index is -0.192. The summed E-state index contributed by atoms with van der Waals surface area (Å²) in [4.78, 5) is 30.5. The van der Waals surface area contributed by atoms with Gasteiger partial charge in [0.2, 0.25) is 5.91 Å². The van der Waals surface area contributed by atoms with E-state index in [2.05, 4.69) is 17.1 Å². The van der Waals surface area contributed by atoms with Gasteiger partial charge in [-0.15, -0.1) is 11.3 Å². The largest absolute Gasteiger partial charge is 0.378 e. The summed E-state index contributed by atoms with van der Waals surface area (Å²) in [5.74, 6) is 0.416. The van der Waals surface area contributed by atoms with Crippen molar-refractivity contribution in [3.8, 4) is 0 Å². The molecule has 4 rings (SSSR count). The van der Waals surface area contributed by atoms with Gasteiger partial charge in [-0.3, -0.25) is 9.59 Å². The van der Waals surface area contributed by atoms with Gasteiger partial charge in [0.15, 0.2) is 0 Å². The quantitative estimate of drug-likeness (QED) is 0.794. The predicted molar refractivity (Wildman–Crippen MR) is 121 cm³/mol. The van der Waals surface area contributed by atoms with Crippen molar-refractivity contribution in [3.05, 3.63) is 45.6 Å². The molecule has 1 unspecified atom stereocenters. The molecule has 0 spiro atoms. The van der Waals surface area contributed by atoms with Crippen LogP contribution < -0.4 is 10.2 Å². The lowest BCUT2D eigenvalue weighted by Gasteiger charge is -2.28. The number of amides is 2. The number of nitrogens with zero attached hydrogens (tertiary/aromatic N) is 2. The third-order valence-corrected chi connectivity index (χ3v) is 6.94. The van der Waals surface area contributed by atoms with Crippen molar-refractivity contribution in [2.24, 2.45) is 5.92 Å². The summed E-state index contributed by atoms with van der Waals surface area (Å²) in [6, 6.07) is 7.82. The first-order valence-corrected chi connectivity index (χ1v) is 11.5. The molecule has 1 aliphatic heterocycles. The number of morpholine rings is 1. The van der Waals surface area contributed by atoms with E-state index in [1.54, 1.807) is 18.4 Å². The maximum atomic E-state index is 12.9. The number of carbonyl (C=O) groups excluding carboxylic acids is 2. The Hall–Kier alpha value is -2.38. The molecule has 2 heterocycles. The lowest BCUT2D eigenvalue weighted by Crippen LogP contribution is -2.36. The topological polar surface area (TPSA) is 61.9 Å². The number of anilines is 2. The molecule has 1 N–H and O–H groups in total. The van der Waals surface area contributed by atoms with Gasteiger partial charge >= 0.3 is 0 Å². The van der Waals surface area contributed by atoms with Gasteiger partial charge in [-0.1, -0.05) is 6.92 Å². The minimum absolute atomic E-state index is 0.0328. The van der Waals surface area contributed by atoms with Crippen molar-refractivity contribution in [3.63, 3.8) is 0 Å². The van der Waals surface area contributed by atoms with E-state index in [0.29, 0.717) is 5.92 Å². The molecule has 1 atom stereocenters. The highest BCUT2D eigenvalue weighted by Crippen LogP contribution is 2.33. The second kappa shape index (κ2) is 9.18. The standard InChI is InChI=1S/C23H29N3O3S/c1-16-3-8-19-20(15-30-21(19)13-16)23(28)25(2)14-22(27)24-17-4-6-18(7-5-17)26-9-11-29-12-10-26/h4-7,15-16H,3,8-14H2,1-2H3,(H,24,27). The fraction of sp³-hybridized carbons (Fsp3) is 0.478. The molecule has 2 aliphatic rings. The van der Waals surface area contributed by atoms with Gasteiger partial charge in [-0.05, 0) is 55.0 Å². The van der Waals surface area contributed by atoms with Gasteiger partial charge in [0.05, 0.1) is 25.3 Å². The zero-order valence-corrected chi connectivity index (χ0v) is 18.5. The summed E-state index contributed by atoms with van der Waals surface area (Å²) in [5.41, 5.74) is 3.82. The first-order valence-electron chi connectivity index (χ1n) is 10.6. The zero-order chi connectivity index (χ0) is 21.1. The first kappa shape index (κ1) is 20.9. The maximum Gasteiger partial charge on any atom is 0.255 e. The molecular formula is C23H29N3O3S. The second-order valence-corrected chi connectivity index (χ2v) is 9.22. The van der Waals surface area contributed by atoms with Gasteiger partial charge in [0.1, 0.15) is 0 Å². The molecule has 1 aromatic heterocycles. The molecule has 2 aromatic rings. The van der Waals surface area contributed by atoms with Crippen molar-refractivity contribution < 1.29 is 14.3 Å². The van der Waals surface area contributed by atoms with E-state index in [-0.39, 0.29) is 18.4 Å². The number of rotatable bonds is 5. The average Bonchev–Trinajstić information content (AvgIpc) is 3.17. The van der Waals surface area contributed by atoms with Crippen molar-refractivity contribution in [1.82, 2.24) is 4.90 Å². The summed E-state index contributed by atoms with van der Waals surface area (Å²) in [6.07, 6.45) is 3.13. The number of fused-ring (bicyclic) bond motifs is 1. The highest BCUT2D eigenvalue weighted by molar-refractivity contribution is 7.10. The van der Waals surface area contributed by atoms with Crippen LogP contribution in [-0.2, 0) is 22.4 Å². The Balaban J connectivity index is 1.33. The molecule has 0 bridgehead atoms. The fourth-order valence-corrected chi connectivity index (χ4v) is 5.37. The van der Waals surface area contributed by atoms with Crippen molar-refractivity contribution in [2.45, 2.75) is 26.2 Å². The van der Waals surface area contributed by atoms with E-state index in [0.717, 1.165) is 62.5 Å². The Morgan fingerprint density at radius 3 is 2.70 bits per heavy atom. The van der Waals surface area contributed by atoms with Crippen molar-refractivity contribution in [2.75, 3.05) is 50.1 Å². The van der Waals surface area contributed by atoms with Crippen LogP contribution in [0.5, 0.6) is 0 Å². The SMILES string of the molecule is CC1CCc2c(C(=O)N(C)CC(=O)Nc3ccc(N4CCOCC4)cc3)csc2C1. The lowest BCUT2D eigenvalue weighted by atomic mass is 9.88. The van der Waals surface area contributed by atoms with E-state index in [1.165, 1.54) is 15.3 Å². The van der Waals surface area contributed by atoms with Crippen LogP contribution in [-0.4, -0.2) is 56.6 Å². The molecule has 30 heavy (non-hydrogen) atoms. The van der Waals surface area contributed by atoms with Crippen LogP contribution in [0.1, 0.15) is 34.1 Å². The number of benzene rings is 1. The summed E-state index contributed by atoms with van der Waals surface area (Å²) in [7, 11) is 1.69. The van der Waals surface area contributed by atoms with Crippen LogP contribution in [0.3, 0.4) is 0 Å². The van der Waals surface area contributed by atoms with Gasteiger partial charge in [-0.25, -0.2) is 0 Å². The normalized spacial score (nSPS) is 18.6. The minimum Gasteiger partial charge on any atom is -0.378 e. The highest BCUT2D eigenvalue weighted by Gasteiger charge is 2.25. The Morgan fingerprint density at radius 1 is 1.23 bits per heavy atom. The Bertz CT molecular complexity index is 903. The van der Waals surface area contributed by atoms with E-state index < -0.39 is 0 Å². The van der Waals surface area contributed by atoms with Crippen LogP contribution in [0.2, 0.25) is 0 Å². The molecule has 1 fully saturated rings. The van der Waals surface area contributed by atoms with Crippen LogP contribution in [0.25, 0.3) is 0 Å². The predicted octanol–water partition coefficient (Wildman–Crippen LogP) is 3.42. The van der Waals surface area contributed by atoms with E-state index in [9.17, 15) is 9.59 Å². The summed E-state index contributed by atoms with van der Waals surface area (Å²) in [5, 5.41) is 4.86. The molecular weight excluding hydrogens is 398 g/mol. The molecule has 1 aliphatic carbocycles. The monoisotopic (exact) mass is 427 g/mol. The zero-order valence-electron chi connectivity index (χ0n) is 17.6. The first-order chi connectivity index (χ1) is 14.5. The van der Waals surface area contributed by atoms with Crippen LogP contribution in [0, 0.1) is 5.92 Å². The molecule has 7 heteroatoms. The van der Waals surface area contributed by atoms with E-state index in [4.69, 9.17) is 4.74 Å². The summed E-state index contributed by atoms with van der Waals surface area (Å²) >= 11 is 1.68. The van der Waals surface area contributed by atoms with Crippen LogP contribution >= 0.6 is 11.3 Å². The number of thiophene rings is 1. The Labute approximate surface area is 181 Å². The van der Waals surface area contributed by atoms with E-state index >= 15 is 0 Å². The smallest absolute Gasteiger partial charge is 0.255 e. The number of hydrogen-bond acceptors (Lipinski definition) is 5. The highest BCUT2D eigenvalue weighted by atomic mass is 32.1. The third kappa shape index (κ3) is 4.68. The van der Waals surface area contributed by atoms with Gasteiger partial charge < -0.3 is 19.9 Å². The summed E-state index contributed by atoms with van der Waals surface area (Å²) in [6.45, 7) is 5.53. The second-order valence-electron chi connectivity index (χ2n) is 8.25. The fourth-order valence-electron chi connectivity index (χ4n) is 4.13. The van der Waals surface area contributed by atoms with Crippen LogP contribution in [0.4, 0.5) is 11.4 Å². The Morgan fingerprint density at radius 2 is 1.97 bits per heavy atom. The molecule has 160 valence electrons. The third-order valence-electron chi connectivity index (χ3n) is 5.89. The van der Waals surface area contributed by atoms with Gasteiger partial charge in [0.25, 0.3) is 5.91 Å². The molecule has 2 amide bonds. The lowest BCUT2D eigenvalue weighted by molar-refractivity contribution is -0.116. The number of nitrogens with one attached hydrogen (secondary N) is 1. The number of carbonyl (C=O) groups is 2. The van der Waals surface area contributed by atoms with Crippen molar-refractivity contribution in [1.29, 1.82) is 0 Å². The van der Waals surface area contributed by atoms with E-state index in [1.807, 2.05) is 29.6 Å².